The van der Waals surface area contributed by atoms with Crippen LogP contribution < -0.4 is 0 Å². The Balaban J connectivity index is 2.41. The molecule has 0 aliphatic heterocycles. The summed E-state index contributed by atoms with van der Waals surface area (Å²) in [6, 6.07) is 0. The zero-order valence-electron chi connectivity index (χ0n) is 11.3. The predicted octanol–water partition coefficient (Wildman–Crippen LogP) is 3.87. The lowest BCUT2D eigenvalue weighted by Crippen LogP contribution is -2.51. The zero-order valence-corrected chi connectivity index (χ0v) is 11.3. The fourth-order valence-corrected chi connectivity index (χ4v) is 4.63. The predicted molar refractivity (Wildman–Crippen MR) is 68.7 cm³/mol. The first-order valence-corrected chi connectivity index (χ1v) is 6.69. The number of fused-ring (bicyclic) bond motifs is 1. The third-order valence-electron chi connectivity index (χ3n) is 5.34. The van der Waals surface area contributed by atoms with Crippen molar-refractivity contribution in [2.24, 2.45) is 22.7 Å². The Labute approximate surface area is 104 Å². The van der Waals surface area contributed by atoms with E-state index in [0.717, 1.165) is 31.3 Å². The maximum atomic E-state index is 11.6. The average molecular weight is 236 g/mol. The van der Waals surface area contributed by atoms with Gasteiger partial charge < -0.3 is 5.11 Å². The second-order valence-corrected chi connectivity index (χ2v) is 6.87. The van der Waals surface area contributed by atoms with Gasteiger partial charge >= 0.3 is 5.97 Å². The van der Waals surface area contributed by atoms with Crippen LogP contribution in [-0.4, -0.2) is 11.1 Å². The smallest absolute Gasteiger partial charge is 0.311 e. The van der Waals surface area contributed by atoms with Gasteiger partial charge in [-0.15, -0.1) is 0 Å². The third-order valence-corrected chi connectivity index (χ3v) is 5.34. The molecule has 17 heavy (non-hydrogen) atoms. The molecule has 0 aromatic heterocycles. The van der Waals surface area contributed by atoms with E-state index in [2.05, 4.69) is 27.4 Å². The molecule has 0 spiro atoms. The summed E-state index contributed by atoms with van der Waals surface area (Å²) in [6.45, 7) is 10.8. The lowest BCUT2D eigenvalue weighted by molar-refractivity contribution is -0.152. The topological polar surface area (TPSA) is 37.3 Å². The van der Waals surface area contributed by atoms with Crippen LogP contribution in [0.4, 0.5) is 0 Å². The van der Waals surface area contributed by atoms with Crippen molar-refractivity contribution in [2.45, 2.75) is 52.9 Å². The molecule has 2 saturated carbocycles. The lowest BCUT2D eigenvalue weighted by atomic mass is 9.47. The first-order chi connectivity index (χ1) is 7.79. The van der Waals surface area contributed by atoms with E-state index < -0.39 is 5.97 Å². The van der Waals surface area contributed by atoms with Crippen molar-refractivity contribution in [3.63, 3.8) is 0 Å². The first kappa shape index (κ1) is 12.7. The van der Waals surface area contributed by atoms with E-state index in [0.29, 0.717) is 5.92 Å². The van der Waals surface area contributed by atoms with Crippen molar-refractivity contribution in [1.29, 1.82) is 0 Å². The summed E-state index contributed by atoms with van der Waals surface area (Å²) in [5, 5.41) is 9.52. The molecule has 0 amide bonds. The molecular formula is C15H24O2. The van der Waals surface area contributed by atoms with E-state index in [1.807, 2.05) is 0 Å². The van der Waals surface area contributed by atoms with Gasteiger partial charge in [0.05, 0.1) is 5.92 Å². The van der Waals surface area contributed by atoms with Crippen molar-refractivity contribution in [1.82, 2.24) is 0 Å². The minimum absolute atomic E-state index is 0.0804. The van der Waals surface area contributed by atoms with E-state index in [9.17, 15) is 9.90 Å². The summed E-state index contributed by atoms with van der Waals surface area (Å²) in [4.78, 5) is 11.6. The largest absolute Gasteiger partial charge is 0.481 e. The highest BCUT2D eigenvalue weighted by Crippen LogP contribution is 2.60. The lowest BCUT2D eigenvalue weighted by Gasteiger charge is -2.56. The van der Waals surface area contributed by atoms with Crippen LogP contribution in [-0.2, 0) is 4.79 Å². The normalized spacial score (nSPS) is 40.8. The Kier molecular flexibility index (Phi) is 2.87. The second-order valence-electron chi connectivity index (χ2n) is 6.87. The Morgan fingerprint density at radius 3 is 2.59 bits per heavy atom. The van der Waals surface area contributed by atoms with Crippen LogP contribution >= 0.6 is 0 Å². The molecule has 96 valence electrons. The van der Waals surface area contributed by atoms with E-state index >= 15 is 0 Å². The number of carboxylic acid groups (broad SMARTS) is 1. The Bertz CT molecular complexity index is 356. The molecular weight excluding hydrogens is 212 g/mol. The van der Waals surface area contributed by atoms with Gasteiger partial charge in [0, 0.05) is 0 Å². The van der Waals surface area contributed by atoms with Crippen molar-refractivity contribution >= 4 is 5.97 Å². The molecule has 0 radical (unpaired) electrons. The molecule has 2 heteroatoms. The van der Waals surface area contributed by atoms with Crippen LogP contribution in [0.25, 0.3) is 0 Å². The van der Waals surface area contributed by atoms with Gasteiger partial charge in [-0.25, -0.2) is 0 Å². The van der Waals surface area contributed by atoms with Gasteiger partial charge in [0.2, 0.25) is 0 Å². The molecule has 2 rings (SSSR count). The summed E-state index contributed by atoms with van der Waals surface area (Å²) in [7, 11) is 0. The first-order valence-electron chi connectivity index (χ1n) is 6.69. The van der Waals surface area contributed by atoms with Crippen LogP contribution in [0, 0.1) is 22.7 Å². The SMILES string of the molecule is C=C1CC[C@H]2C(C)(C)CCC[C@]2(C)[C@H]1C(=O)O. The number of hydrogen-bond donors (Lipinski definition) is 1. The standard InChI is InChI=1S/C15H24O2/c1-10-6-7-11-14(2,3)8-5-9-15(11,4)12(10)13(16)17/h11-12H,1,5-9H2,2-4H3,(H,16,17)/t11-,12+,15-/m0/s1. The highest BCUT2D eigenvalue weighted by molar-refractivity contribution is 5.75. The van der Waals surface area contributed by atoms with Gasteiger partial charge in [0.25, 0.3) is 0 Å². The second kappa shape index (κ2) is 3.86. The Hall–Kier alpha value is -0.790. The maximum Gasteiger partial charge on any atom is 0.311 e. The van der Waals surface area contributed by atoms with Crippen LogP contribution in [0.3, 0.4) is 0 Å². The molecule has 2 aliphatic carbocycles. The zero-order chi connectivity index (χ0) is 12.8. The van der Waals surface area contributed by atoms with Gasteiger partial charge in [-0.1, -0.05) is 39.3 Å². The highest BCUT2D eigenvalue weighted by atomic mass is 16.4. The molecule has 1 N–H and O–H groups in total. The fourth-order valence-electron chi connectivity index (χ4n) is 4.63. The minimum atomic E-state index is -0.667. The van der Waals surface area contributed by atoms with E-state index in [1.54, 1.807) is 0 Å². The Morgan fingerprint density at radius 1 is 1.35 bits per heavy atom. The Morgan fingerprint density at radius 2 is 2.00 bits per heavy atom. The van der Waals surface area contributed by atoms with E-state index in [-0.39, 0.29) is 16.7 Å². The molecule has 2 aliphatic rings. The maximum absolute atomic E-state index is 11.6. The third kappa shape index (κ3) is 1.82. The van der Waals surface area contributed by atoms with Gasteiger partial charge in [-0.3, -0.25) is 4.79 Å². The van der Waals surface area contributed by atoms with Crippen molar-refractivity contribution in [2.75, 3.05) is 0 Å². The number of carboxylic acids is 1. The van der Waals surface area contributed by atoms with Gasteiger partial charge in [-0.05, 0) is 42.4 Å². The van der Waals surface area contributed by atoms with Gasteiger partial charge in [0.15, 0.2) is 0 Å². The van der Waals surface area contributed by atoms with Gasteiger partial charge in [0.1, 0.15) is 0 Å². The average Bonchev–Trinajstić information content (AvgIpc) is 2.14. The molecule has 0 bridgehead atoms. The molecule has 0 heterocycles. The summed E-state index contributed by atoms with van der Waals surface area (Å²) >= 11 is 0. The van der Waals surface area contributed by atoms with Crippen molar-refractivity contribution < 1.29 is 9.90 Å². The molecule has 2 nitrogen and oxygen atoms in total. The quantitative estimate of drug-likeness (QED) is 0.702. The minimum Gasteiger partial charge on any atom is -0.481 e. The van der Waals surface area contributed by atoms with Crippen LogP contribution in [0.2, 0.25) is 0 Å². The number of rotatable bonds is 1. The molecule has 0 aromatic carbocycles. The van der Waals surface area contributed by atoms with Crippen LogP contribution in [0.15, 0.2) is 12.2 Å². The molecule has 0 unspecified atom stereocenters. The highest BCUT2D eigenvalue weighted by Gasteiger charge is 2.55. The molecule has 0 aromatic rings. The number of carbonyl (C=O) groups is 1. The summed E-state index contributed by atoms with van der Waals surface area (Å²) < 4.78 is 0. The van der Waals surface area contributed by atoms with Crippen LogP contribution in [0.5, 0.6) is 0 Å². The summed E-state index contributed by atoms with van der Waals surface area (Å²) in [6.07, 6.45) is 5.42. The summed E-state index contributed by atoms with van der Waals surface area (Å²) in [5.74, 6) is -0.476. The van der Waals surface area contributed by atoms with Crippen LogP contribution in [0.1, 0.15) is 52.9 Å². The number of aliphatic carboxylic acids is 1. The van der Waals surface area contributed by atoms with Gasteiger partial charge in [-0.2, -0.15) is 0 Å². The van der Waals surface area contributed by atoms with Crippen molar-refractivity contribution in [3.05, 3.63) is 12.2 Å². The molecule has 3 atom stereocenters. The van der Waals surface area contributed by atoms with E-state index in [1.165, 1.54) is 6.42 Å². The summed E-state index contributed by atoms with van der Waals surface area (Å²) in [5.41, 5.74) is 1.14. The van der Waals surface area contributed by atoms with E-state index in [4.69, 9.17) is 0 Å². The van der Waals surface area contributed by atoms with Crippen molar-refractivity contribution in [3.8, 4) is 0 Å². The monoisotopic (exact) mass is 236 g/mol. The number of hydrogen-bond acceptors (Lipinski definition) is 1. The molecule has 0 saturated heterocycles. The fraction of sp³-hybridized carbons (Fsp3) is 0.800. The molecule has 2 fully saturated rings.